The number of aromatic nitrogens is 1. The Balaban J connectivity index is 1.35. The summed E-state index contributed by atoms with van der Waals surface area (Å²) in [7, 11) is 0. The lowest BCUT2D eigenvalue weighted by molar-refractivity contribution is -0.134. The van der Waals surface area contributed by atoms with E-state index < -0.39 is 6.04 Å². The van der Waals surface area contributed by atoms with E-state index in [4.69, 9.17) is 4.74 Å². The highest BCUT2D eigenvalue weighted by atomic mass is 16.5. The van der Waals surface area contributed by atoms with Crippen LogP contribution in [-0.2, 0) is 20.9 Å². The molecule has 0 aromatic carbocycles. The molecule has 1 saturated carbocycles. The van der Waals surface area contributed by atoms with Crippen LogP contribution in [0.4, 0.5) is 0 Å². The van der Waals surface area contributed by atoms with E-state index in [1.165, 1.54) is 12.8 Å². The molecule has 3 aliphatic rings. The highest BCUT2D eigenvalue weighted by Crippen LogP contribution is 2.35. The fourth-order valence-corrected chi connectivity index (χ4v) is 5.06. The second-order valence-corrected chi connectivity index (χ2v) is 8.61. The molecule has 164 valence electrons. The Kier molecular flexibility index (Phi) is 6.97. The van der Waals surface area contributed by atoms with Crippen molar-refractivity contribution >= 4 is 11.8 Å². The van der Waals surface area contributed by atoms with Gasteiger partial charge in [0.25, 0.3) is 0 Å². The van der Waals surface area contributed by atoms with E-state index in [9.17, 15) is 9.59 Å². The zero-order valence-electron chi connectivity index (χ0n) is 17.6. The van der Waals surface area contributed by atoms with Gasteiger partial charge in [0.2, 0.25) is 11.8 Å². The Morgan fingerprint density at radius 3 is 2.77 bits per heavy atom. The summed E-state index contributed by atoms with van der Waals surface area (Å²) in [6.45, 7) is 5.94. The summed E-state index contributed by atoms with van der Waals surface area (Å²) in [6, 6.07) is 5.32. The van der Waals surface area contributed by atoms with Gasteiger partial charge in [-0.3, -0.25) is 24.4 Å². The third-order valence-electron chi connectivity index (χ3n) is 6.74. The fraction of sp³-hybridized carbons (Fsp3) is 0.682. The number of morpholine rings is 1. The van der Waals surface area contributed by atoms with E-state index in [-0.39, 0.29) is 23.8 Å². The van der Waals surface area contributed by atoms with Crippen molar-refractivity contribution in [3.05, 3.63) is 30.1 Å². The molecule has 8 heteroatoms. The number of pyridine rings is 1. The Hall–Kier alpha value is -2.03. The number of amides is 2. The maximum Gasteiger partial charge on any atom is 0.237 e. The second kappa shape index (κ2) is 9.85. The van der Waals surface area contributed by atoms with Gasteiger partial charge in [-0.1, -0.05) is 18.9 Å². The number of ether oxygens (including phenoxy) is 1. The predicted octanol–water partition coefficient (Wildman–Crippen LogP) is 0.533. The molecule has 0 spiro atoms. The van der Waals surface area contributed by atoms with E-state index >= 15 is 0 Å². The van der Waals surface area contributed by atoms with Crippen molar-refractivity contribution in [1.82, 2.24) is 25.4 Å². The number of carbonyl (C=O) groups is 2. The van der Waals surface area contributed by atoms with Gasteiger partial charge in [-0.2, -0.15) is 0 Å². The summed E-state index contributed by atoms with van der Waals surface area (Å²) in [6.07, 6.45) is 6.57. The van der Waals surface area contributed by atoms with Crippen LogP contribution < -0.4 is 10.6 Å². The normalized spacial score (nSPS) is 25.1. The third-order valence-corrected chi connectivity index (χ3v) is 6.74. The number of hydrogen-bond acceptors (Lipinski definition) is 6. The largest absolute Gasteiger partial charge is 0.379 e. The van der Waals surface area contributed by atoms with Crippen LogP contribution in [0, 0.1) is 0 Å². The smallest absolute Gasteiger partial charge is 0.237 e. The molecule has 8 nitrogen and oxygen atoms in total. The number of nitrogens with one attached hydrogen (secondary N) is 2. The molecular weight excluding hydrogens is 382 g/mol. The zero-order chi connectivity index (χ0) is 20.8. The number of piperazine rings is 1. The van der Waals surface area contributed by atoms with E-state index in [0.29, 0.717) is 19.6 Å². The average molecular weight is 416 g/mol. The minimum atomic E-state index is -0.455. The SMILES string of the molecule is O=C(CC1C(=O)NCCN1Cc1ccccn1)NCC1(N2CCOCC2)CCCC1. The van der Waals surface area contributed by atoms with Gasteiger partial charge in [0, 0.05) is 51.0 Å². The van der Waals surface area contributed by atoms with Crippen molar-refractivity contribution in [2.75, 3.05) is 45.9 Å². The van der Waals surface area contributed by atoms with Crippen LogP contribution in [0.5, 0.6) is 0 Å². The zero-order valence-corrected chi connectivity index (χ0v) is 17.6. The van der Waals surface area contributed by atoms with E-state index in [1.807, 2.05) is 18.2 Å². The molecule has 2 saturated heterocycles. The van der Waals surface area contributed by atoms with Crippen molar-refractivity contribution in [3.63, 3.8) is 0 Å². The topological polar surface area (TPSA) is 86.8 Å². The lowest BCUT2D eigenvalue weighted by Crippen LogP contribution is -2.59. The summed E-state index contributed by atoms with van der Waals surface area (Å²) < 4.78 is 5.52. The lowest BCUT2D eigenvalue weighted by Gasteiger charge is -2.43. The molecule has 3 heterocycles. The molecule has 0 radical (unpaired) electrons. The van der Waals surface area contributed by atoms with Gasteiger partial charge in [-0.05, 0) is 25.0 Å². The van der Waals surface area contributed by atoms with E-state index in [2.05, 4.69) is 25.4 Å². The highest BCUT2D eigenvalue weighted by molar-refractivity contribution is 5.88. The Bertz CT molecular complexity index is 717. The van der Waals surface area contributed by atoms with Crippen LogP contribution in [0.3, 0.4) is 0 Å². The average Bonchev–Trinajstić information content (AvgIpc) is 3.26. The molecule has 0 bridgehead atoms. The van der Waals surface area contributed by atoms with Crippen LogP contribution in [0.15, 0.2) is 24.4 Å². The second-order valence-electron chi connectivity index (χ2n) is 8.61. The molecule has 30 heavy (non-hydrogen) atoms. The quantitative estimate of drug-likeness (QED) is 0.676. The van der Waals surface area contributed by atoms with E-state index in [0.717, 1.165) is 51.4 Å². The Morgan fingerprint density at radius 2 is 2.03 bits per heavy atom. The Morgan fingerprint density at radius 1 is 1.23 bits per heavy atom. The summed E-state index contributed by atoms with van der Waals surface area (Å²) in [5.41, 5.74) is 0.955. The first kappa shape index (κ1) is 21.2. The molecule has 2 N–H and O–H groups in total. The first-order valence-corrected chi connectivity index (χ1v) is 11.2. The van der Waals surface area contributed by atoms with Gasteiger partial charge >= 0.3 is 0 Å². The standard InChI is InChI=1S/C22H33N5O3/c28-20(25-17-22(6-2-3-7-22)27-11-13-30-14-12-27)15-19-21(29)24-9-10-26(19)16-18-5-1-4-8-23-18/h1,4-5,8,19H,2-3,6-7,9-17H2,(H,24,29)(H,25,28). The minimum absolute atomic E-state index is 0.0436. The van der Waals surface area contributed by atoms with Crippen molar-refractivity contribution in [2.24, 2.45) is 0 Å². The van der Waals surface area contributed by atoms with Crippen LogP contribution in [0.1, 0.15) is 37.8 Å². The van der Waals surface area contributed by atoms with Crippen molar-refractivity contribution in [2.45, 2.75) is 50.2 Å². The number of carbonyl (C=O) groups excluding carboxylic acids is 2. The molecule has 1 atom stereocenters. The van der Waals surface area contributed by atoms with E-state index in [1.54, 1.807) is 6.20 Å². The van der Waals surface area contributed by atoms with Gasteiger partial charge in [0.1, 0.15) is 0 Å². The molecule has 1 aromatic rings. The van der Waals surface area contributed by atoms with Gasteiger partial charge in [0.05, 0.1) is 31.4 Å². The summed E-state index contributed by atoms with van der Waals surface area (Å²) in [4.78, 5) is 34.3. The lowest BCUT2D eigenvalue weighted by atomic mass is 9.94. The number of hydrogen-bond donors (Lipinski definition) is 2. The maximum absolute atomic E-state index is 12.9. The summed E-state index contributed by atoms with van der Waals surface area (Å²) in [5.74, 6) is -0.126. The van der Waals surface area contributed by atoms with Crippen LogP contribution in [-0.4, -0.2) is 84.1 Å². The fourth-order valence-electron chi connectivity index (χ4n) is 5.06. The summed E-state index contributed by atoms with van der Waals surface area (Å²) >= 11 is 0. The molecule has 1 aromatic heterocycles. The van der Waals surface area contributed by atoms with Crippen molar-refractivity contribution in [1.29, 1.82) is 0 Å². The van der Waals surface area contributed by atoms with Crippen LogP contribution in [0.2, 0.25) is 0 Å². The monoisotopic (exact) mass is 415 g/mol. The first-order chi connectivity index (χ1) is 14.7. The van der Waals surface area contributed by atoms with Gasteiger partial charge < -0.3 is 15.4 Å². The highest BCUT2D eigenvalue weighted by Gasteiger charge is 2.40. The third kappa shape index (κ3) is 4.99. The van der Waals surface area contributed by atoms with Crippen LogP contribution in [0.25, 0.3) is 0 Å². The van der Waals surface area contributed by atoms with Crippen LogP contribution >= 0.6 is 0 Å². The number of nitrogens with zero attached hydrogens (tertiary/aromatic N) is 3. The molecule has 3 fully saturated rings. The molecule has 4 rings (SSSR count). The predicted molar refractivity (Wildman–Crippen MR) is 113 cm³/mol. The molecular formula is C22H33N5O3. The summed E-state index contributed by atoms with van der Waals surface area (Å²) in [5, 5.41) is 6.08. The molecule has 2 amide bonds. The first-order valence-electron chi connectivity index (χ1n) is 11.2. The maximum atomic E-state index is 12.9. The minimum Gasteiger partial charge on any atom is -0.379 e. The molecule has 1 aliphatic carbocycles. The van der Waals surface area contributed by atoms with Gasteiger partial charge in [-0.15, -0.1) is 0 Å². The van der Waals surface area contributed by atoms with Gasteiger partial charge in [-0.25, -0.2) is 0 Å². The molecule has 2 aliphatic heterocycles. The van der Waals surface area contributed by atoms with Crippen molar-refractivity contribution < 1.29 is 14.3 Å². The number of rotatable bonds is 7. The molecule has 1 unspecified atom stereocenters. The van der Waals surface area contributed by atoms with Gasteiger partial charge in [0.15, 0.2) is 0 Å². The Labute approximate surface area is 178 Å². The van der Waals surface area contributed by atoms with Crippen molar-refractivity contribution in [3.8, 4) is 0 Å².